The van der Waals surface area contributed by atoms with Crippen LogP contribution in [0.25, 0.3) is 11.1 Å². The van der Waals surface area contributed by atoms with Crippen molar-refractivity contribution in [3.63, 3.8) is 0 Å². The zero-order valence-corrected chi connectivity index (χ0v) is 13.0. The Labute approximate surface area is 145 Å². The smallest absolute Gasteiger partial charge is 0.341 e. The molecular weight excluding hydrogens is 355 g/mol. The molecule has 0 aliphatic carbocycles. The van der Waals surface area contributed by atoms with E-state index in [2.05, 4.69) is 48.5 Å². The van der Waals surface area contributed by atoms with E-state index in [0.717, 1.165) is 0 Å². The van der Waals surface area contributed by atoms with Gasteiger partial charge in [0.1, 0.15) is 5.56 Å². The lowest BCUT2D eigenvalue weighted by molar-refractivity contribution is 0.0682. The van der Waals surface area contributed by atoms with Crippen molar-refractivity contribution in [2.24, 2.45) is 0 Å². The van der Waals surface area contributed by atoms with Crippen molar-refractivity contribution >= 4 is 5.97 Å². The van der Waals surface area contributed by atoms with Crippen molar-refractivity contribution in [1.29, 1.82) is 0 Å². The summed E-state index contributed by atoms with van der Waals surface area (Å²) < 4.78 is 62.1. The number of carboxylic acids is 1. The van der Waals surface area contributed by atoms with Gasteiger partial charge in [0.05, 0.1) is 0 Å². The van der Waals surface area contributed by atoms with E-state index in [4.69, 9.17) is 5.11 Å². The van der Waals surface area contributed by atoms with Crippen molar-refractivity contribution in [3.8, 4) is 11.1 Å². The average molecular weight is 366 g/mol. The summed E-state index contributed by atoms with van der Waals surface area (Å²) in [5, 5.41) is 8.15. The average Bonchev–Trinajstić information content (AvgIpc) is 2.66. The van der Waals surface area contributed by atoms with Gasteiger partial charge in [-0.25, -0.2) is 26.7 Å². The monoisotopic (exact) mass is 366 g/mol. The van der Waals surface area contributed by atoms with Crippen LogP contribution in [0.5, 0.6) is 0 Å². The van der Waals surface area contributed by atoms with Gasteiger partial charge in [-0.3, -0.25) is 0 Å². The van der Waals surface area contributed by atoms with Gasteiger partial charge >= 0.3 is 5.97 Å². The van der Waals surface area contributed by atoms with Gasteiger partial charge in [-0.05, 0) is 11.1 Å². The van der Waals surface area contributed by atoms with Gasteiger partial charge in [0.15, 0.2) is 23.3 Å². The molecule has 2 nitrogen and oxygen atoms in total. The van der Waals surface area contributed by atoms with Crippen LogP contribution in [0.15, 0.2) is 60.7 Å². The van der Waals surface area contributed by atoms with Gasteiger partial charge in [-0.1, -0.05) is 60.7 Å². The summed E-state index contributed by atoms with van der Waals surface area (Å²) in [6.45, 7) is 0. The van der Waals surface area contributed by atoms with Gasteiger partial charge in [-0.2, -0.15) is 0 Å². The minimum atomic E-state index is -2.38. The van der Waals surface area contributed by atoms with E-state index in [1.54, 1.807) is 0 Å². The molecule has 0 saturated carbocycles. The van der Waals surface area contributed by atoms with Crippen molar-refractivity contribution in [2.75, 3.05) is 0 Å². The number of halogens is 5. The van der Waals surface area contributed by atoms with Crippen molar-refractivity contribution in [2.45, 2.75) is 0 Å². The molecule has 0 radical (unpaired) electrons. The highest BCUT2D eigenvalue weighted by molar-refractivity contribution is 5.88. The maximum absolute atomic E-state index is 12.6. The highest BCUT2D eigenvalue weighted by Crippen LogP contribution is 2.22. The zero-order valence-electron chi connectivity index (χ0n) is 13.0. The molecule has 134 valence electrons. The molecule has 3 aromatic rings. The largest absolute Gasteiger partial charge is 0.477 e. The number of hydrogen-bond acceptors (Lipinski definition) is 1. The topological polar surface area (TPSA) is 37.3 Å². The first-order valence-electron chi connectivity index (χ1n) is 7.19. The molecule has 1 N–H and O–H groups in total. The van der Waals surface area contributed by atoms with Gasteiger partial charge in [0.2, 0.25) is 5.82 Å². The second-order valence-electron chi connectivity index (χ2n) is 4.98. The molecule has 0 unspecified atom stereocenters. The highest BCUT2D eigenvalue weighted by Gasteiger charge is 2.29. The molecule has 0 spiro atoms. The summed E-state index contributed by atoms with van der Waals surface area (Å²) in [7, 11) is 0. The standard InChI is InChI=1S/C12H10.C7HF5O2/c1-3-7-11(8-4-1)12-9-5-2-6-10-12;8-2-1(7(13)14)3(9)5(11)6(12)4(2)10/h1-10H;(H,13,14). The van der Waals surface area contributed by atoms with E-state index < -0.39 is 40.6 Å². The number of carbonyl (C=O) groups is 1. The van der Waals surface area contributed by atoms with Crippen LogP contribution >= 0.6 is 0 Å². The Morgan fingerprint density at radius 1 is 0.577 bits per heavy atom. The van der Waals surface area contributed by atoms with Gasteiger partial charge in [-0.15, -0.1) is 0 Å². The Bertz CT molecular complexity index is 846. The van der Waals surface area contributed by atoms with Crippen LogP contribution in [0.2, 0.25) is 0 Å². The molecule has 0 aliphatic heterocycles. The zero-order chi connectivity index (χ0) is 19.3. The summed E-state index contributed by atoms with van der Waals surface area (Å²) in [6.07, 6.45) is 0. The van der Waals surface area contributed by atoms with E-state index in [0.29, 0.717) is 0 Å². The van der Waals surface area contributed by atoms with E-state index in [-0.39, 0.29) is 0 Å². The maximum atomic E-state index is 12.6. The molecule has 7 heteroatoms. The minimum absolute atomic E-state index is 1.28. The Morgan fingerprint density at radius 3 is 1.19 bits per heavy atom. The lowest BCUT2D eigenvalue weighted by Gasteiger charge is -2.03. The number of hydrogen-bond donors (Lipinski definition) is 1. The molecule has 3 rings (SSSR count). The number of carboxylic acid groups (broad SMARTS) is 1. The van der Waals surface area contributed by atoms with Crippen LogP contribution in [0, 0.1) is 29.1 Å². The third kappa shape index (κ3) is 4.05. The lowest BCUT2D eigenvalue weighted by Crippen LogP contribution is -2.11. The third-order valence-corrected chi connectivity index (χ3v) is 3.30. The Morgan fingerprint density at radius 2 is 0.885 bits per heavy atom. The fraction of sp³-hybridized carbons (Fsp3) is 0. The number of rotatable bonds is 2. The van der Waals surface area contributed by atoms with E-state index in [1.807, 2.05) is 12.1 Å². The van der Waals surface area contributed by atoms with Crippen molar-refractivity contribution < 1.29 is 31.9 Å². The van der Waals surface area contributed by atoms with Crippen LogP contribution in [-0.4, -0.2) is 11.1 Å². The van der Waals surface area contributed by atoms with E-state index in [1.165, 1.54) is 11.1 Å². The maximum Gasteiger partial charge on any atom is 0.341 e. The molecular formula is C19H11F5O2. The molecule has 0 aliphatic rings. The molecule has 26 heavy (non-hydrogen) atoms. The van der Waals surface area contributed by atoms with Gasteiger partial charge in [0, 0.05) is 0 Å². The normalized spacial score (nSPS) is 10.0. The Kier molecular flexibility index (Phi) is 6.06. The predicted molar refractivity (Wildman–Crippen MR) is 85.1 cm³/mol. The minimum Gasteiger partial charge on any atom is -0.477 e. The van der Waals surface area contributed by atoms with Crippen LogP contribution in [0.4, 0.5) is 22.0 Å². The van der Waals surface area contributed by atoms with Crippen LogP contribution in [0.1, 0.15) is 10.4 Å². The molecule has 0 heterocycles. The van der Waals surface area contributed by atoms with Crippen LogP contribution < -0.4 is 0 Å². The summed E-state index contributed by atoms with van der Waals surface area (Å²) in [5.41, 5.74) is 0.692. The Balaban J connectivity index is 0.000000189. The SMILES string of the molecule is O=C(O)c1c(F)c(F)c(F)c(F)c1F.c1ccc(-c2ccccc2)cc1. The van der Waals surface area contributed by atoms with E-state index in [9.17, 15) is 26.7 Å². The highest BCUT2D eigenvalue weighted by atomic mass is 19.2. The molecule has 3 aromatic carbocycles. The summed E-state index contributed by atoms with van der Waals surface area (Å²) in [5.74, 6) is -13.9. The molecule has 0 fully saturated rings. The first-order valence-corrected chi connectivity index (χ1v) is 7.19. The molecule has 0 amide bonds. The molecule has 0 aromatic heterocycles. The van der Waals surface area contributed by atoms with Crippen molar-refractivity contribution in [3.05, 3.63) is 95.3 Å². The van der Waals surface area contributed by atoms with Gasteiger partial charge < -0.3 is 5.11 Å². The molecule has 0 saturated heterocycles. The first kappa shape index (κ1) is 19.1. The number of benzene rings is 3. The first-order chi connectivity index (χ1) is 12.3. The molecule has 0 atom stereocenters. The summed E-state index contributed by atoms with van der Waals surface area (Å²) >= 11 is 0. The summed E-state index contributed by atoms with van der Waals surface area (Å²) in [4.78, 5) is 10.1. The quantitative estimate of drug-likeness (QED) is 0.373. The second kappa shape index (κ2) is 8.24. The van der Waals surface area contributed by atoms with E-state index >= 15 is 0 Å². The fourth-order valence-corrected chi connectivity index (χ4v) is 2.05. The number of aromatic carboxylic acids is 1. The van der Waals surface area contributed by atoms with Crippen LogP contribution in [-0.2, 0) is 0 Å². The third-order valence-electron chi connectivity index (χ3n) is 3.30. The molecule has 0 bridgehead atoms. The second-order valence-corrected chi connectivity index (χ2v) is 4.98. The Hall–Kier alpha value is -3.22. The predicted octanol–water partition coefficient (Wildman–Crippen LogP) is 5.43. The fourth-order valence-electron chi connectivity index (χ4n) is 2.05. The lowest BCUT2D eigenvalue weighted by atomic mass is 10.1. The van der Waals surface area contributed by atoms with Gasteiger partial charge in [0.25, 0.3) is 0 Å². The summed E-state index contributed by atoms with van der Waals surface area (Å²) in [6, 6.07) is 20.8. The van der Waals surface area contributed by atoms with Crippen LogP contribution in [0.3, 0.4) is 0 Å². The van der Waals surface area contributed by atoms with Crippen molar-refractivity contribution in [1.82, 2.24) is 0 Å².